The van der Waals surface area contributed by atoms with Crippen molar-refractivity contribution in [2.45, 2.75) is 20.0 Å². The number of nitrogens with zero attached hydrogens (tertiary/aromatic N) is 1. The number of hydrogen-bond acceptors (Lipinski definition) is 6. The molecule has 0 aliphatic carbocycles. The van der Waals surface area contributed by atoms with E-state index >= 15 is 0 Å². The van der Waals surface area contributed by atoms with Crippen molar-refractivity contribution in [1.82, 2.24) is 4.90 Å². The minimum atomic E-state index is -0.360. The standard InChI is InChI=1S/C24H21NO5/c1-15-19-9-10-21-20(13-25(14-29-21)12-18-4-3-11-28-18)23(19)30-24(26)22(15)16-5-7-17(27-2)8-6-16/h3-11H,12-14H2,1-2H3. The van der Waals surface area contributed by atoms with Crippen LogP contribution >= 0.6 is 0 Å². The Labute approximate surface area is 173 Å². The van der Waals surface area contributed by atoms with Crippen molar-refractivity contribution in [3.8, 4) is 22.6 Å². The fourth-order valence-corrected chi connectivity index (χ4v) is 3.98. The van der Waals surface area contributed by atoms with Gasteiger partial charge in [-0.1, -0.05) is 12.1 Å². The first-order valence-electron chi connectivity index (χ1n) is 9.75. The van der Waals surface area contributed by atoms with Crippen LogP contribution in [0.3, 0.4) is 0 Å². The highest BCUT2D eigenvalue weighted by atomic mass is 16.5. The van der Waals surface area contributed by atoms with Gasteiger partial charge in [0, 0.05) is 11.9 Å². The predicted molar refractivity (Wildman–Crippen MR) is 113 cm³/mol. The number of benzene rings is 2. The normalized spacial score (nSPS) is 13.8. The first kappa shape index (κ1) is 18.5. The number of aryl methyl sites for hydroxylation is 1. The molecule has 0 unspecified atom stereocenters. The van der Waals surface area contributed by atoms with Crippen LogP contribution in [0.5, 0.6) is 11.5 Å². The molecule has 1 aliphatic heterocycles. The Hall–Kier alpha value is -3.51. The van der Waals surface area contributed by atoms with Crippen LogP contribution in [0.2, 0.25) is 0 Å². The summed E-state index contributed by atoms with van der Waals surface area (Å²) < 4.78 is 22.4. The van der Waals surface area contributed by atoms with Crippen molar-refractivity contribution >= 4 is 11.0 Å². The van der Waals surface area contributed by atoms with Crippen molar-refractivity contribution in [2.75, 3.05) is 13.8 Å². The van der Waals surface area contributed by atoms with Crippen LogP contribution in [0, 0.1) is 6.92 Å². The Bertz CT molecular complexity index is 1260. The van der Waals surface area contributed by atoms with Gasteiger partial charge >= 0.3 is 5.63 Å². The second-order valence-electron chi connectivity index (χ2n) is 7.38. The zero-order chi connectivity index (χ0) is 20.7. The Balaban J connectivity index is 1.58. The zero-order valence-electron chi connectivity index (χ0n) is 16.8. The fraction of sp³-hybridized carbons (Fsp3) is 0.208. The molecule has 6 nitrogen and oxygen atoms in total. The molecule has 0 spiro atoms. The zero-order valence-corrected chi connectivity index (χ0v) is 16.8. The third-order valence-corrected chi connectivity index (χ3v) is 5.52. The summed E-state index contributed by atoms with van der Waals surface area (Å²) in [4.78, 5) is 15.1. The van der Waals surface area contributed by atoms with Crippen molar-refractivity contribution in [2.24, 2.45) is 0 Å². The van der Waals surface area contributed by atoms with Gasteiger partial charge in [0.05, 0.1) is 31.0 Å². The van der Waals surface area contributed by atoms with Crippen LogP contribution in [-0.2, 0) is 13.1 Å². The Kier molecular flexibility index (Phi) is 4.56. The van der Waals surface area contributed by atoms with Crippen molar-refractivity contribution < 1.29 is 18.3 Å². The second kappa shape index (κ2) is 7.39. The third-order valence-electron chi connectivity index (χ3n) is 5.52. The average Bonchev–Trinajstić information content (AvgIpc) is 3.27. The summed E-state index contributed by atoms with van der Waals surface area (Å²) in [6.07, 6.45) is 1.66. The maximum atomic E-state index is 13.0. The van der Waals surface area contributed by atoms with Gasteiger partial charge in [0.25, 0.3) is 0 Å². The molecule has 2 aromatic carbocycles. The molecule has 4 aromatic rings. The number of furan rings is 1. The molecular weight excluding hydrogens is 382 g/mol. The largest absolute Gasteiger partial charge is 0.497 e. The molecule has 6 heteroatoms. The van der Waals surface area contributed by atoms with Gasteiger partial charge in [0.15, 0.2) is 0 Å². The summed E-state index contributed by atoms with van der Waals surface area (Å²) in [5.74, 6) is 2.35. The molecule has 5 rings (SSSR count). The molecule has 1 aliphatic rings. The van der Waals surface area contributed by atoms with Crippen LogP contribution in [0.1, 0.15) is 16.9 Å². The first-order chi connectivity index (χ1) is 14.6. The Morgan fingerprint density at radius 3 is 2.67 bits per heavy atom. The molecule has 0 saturated heterocycles. The van der Waals surface area contributed by atoms with Crippen LogP contribution in [0.15, 0.2) is 68.4 Å². The maximum absolute atomic E-state index is 13.0. The Morgan fingerprint density at radius 2 is 1.93 bits per heavy atom. The summed E-state index contributed by atoms with van der Waals surface area (Å²) >= 11 is 0. The molecule has 0 N–H and O–H groups in total. The highest BCUT2D eigenvalue weighted by Crippen LogP contribution is 2.36. The van der Waals surface area contributed by atoms with Gasteiger partial charge in [-0.2, -0.15) is 0 Å². The average molecular weight is 403 g/mol. The van der Waals surface area contributed by atoms with E-state index in [9.17, 15) is 4.79 Å². The summed E-state index contributed by atoms with van der Waals surface area (Å²) in [7, 11) is 1.62. The van der Waals surface area contributed by atoms with Gasteiger partial charge in [-0.25, -0.2) is 4.79 Å². The number of rotatable bonds is 4. The van der Waals surface area contributed by atoms with E-state index in [2.05, 4.69) is 4.90 Å². The molecule has 0 radical (unpaired) electrons. The lowest BCUT2D eigenvalue weighted by atomic mass is 9.97. The monoisotopic (exact) mass is 403 g/mol. The summed E-state index contributed by atoms with van der Waals surface area (Å²) in [6.45, 7) is 3.63. The predicted octanol–water partition coefficient (Wildman–Crippen LogP) is 4.72. The molecule has 2 aromatic heterocycles. The van der Waals surface area contributed by atoms with E-state index in [1.54, 1.807) is 13.4 Å². The molecule has 30 heavy (non-hydrogen) atoms. The van der Waals surface area contributed by atoms with Crippen LogP contribution in [-0.4, -0.2) is 18.7 Å². The Morgan fingerprint density at radius 1 is 1.10 bits per heavy atom. The lowest BCUT2D eigenvalue weighted by Gasteiger charge is -2.28. The highest BCUT2D eigenvalue weighted by Gasteiger charge is 2.24. The minimum absolute atomic E-state index is 0.360. The number of methoxy groups -OCH3 is 1. The van der Waals surface area contributed by atoms with E-state index in [4.69, 9.17) is 18.3 Å². The topological polar surface area (TPSA) is 65.0 Å². The number of hydrogen-bond donors (Lipinski definition) is 0. The molecule has 0 atom stereocenters. The minimum Gasteiger partial charge on any atom is -0.497 e. The fourth-order valence-electron chi connectivity index (χ4n) is 3.98. The van der Waals surface area contributed by atoms with E-state index in [0.29, 0.717) is 31.0 Å². The van der Waals surface area contributed by atoms with Gasteiger partial charge in [-0.15, -0.1) is 0 Å². The second-order valence-corrected chi connectivity index (χ2v) is 7.38. The van der Waals surface area contributed by atoms with E-state index < -0.39 is 0 Å². The van der Waals surface area contributed by atoms with Crippen LogP contribution in [0.25, 0.3) is 22.1 Å². The van der Waals surface area contributed by atoms with Gasteiger partial charge < -0.3 is 18.3 Å². The highest BCUT2D eigenvalue weighted by molar-refractivity contribution is 5.90. The van der Waals surface area contributed by atoms with Crippen molar-refractivity contribution in [1.29, 1.82) is 0 Å². The van der Waals surface area contributed by atoms with E-state index in [1.165, 1.54) is 0 Å². The number of fused-ring (bicyclic) bond motifs is 3. The summed E-state index contributed by atoms with van der Waals surface area (Å²) in [6, 6.07) is 15.1. The summed E-state index contributed by atoms with van der Waals surface area (Å²) in [5.41, 5.74) is 3.36. The van der Waals surface area contributed by atoms with Gasteiger partial charge in [-0.3, -0.25) is 4.90 Å². The summed E-state index contributed by atoms with van der Waals surface area (Å²) in [5, 5.41) is 0.905. The third kappa shape index (κ3) is 3.15. The van der Waals surface area contributed by atoms with E-state index in [1.807, 2.05) is 55.5 Å². The van der Waals surface area contributed by atoms with Crippen molar-refractivity contribution in [3.63, 3.8) is 0 Å². The molecular formula is C24H21NO5. The lowest BCUT2D eigenvalue weighted by Crippen LogP contribution is -2.31. The van der Waals surface area contributed by atoms with Gasteiger partial charge in [-0.05, 0) is 54.4 Å². The molecule has 152 valence electrons. The quantitative estimate of drug-likeness (QED) is 0.459. The molecule has 0 amide bonds. The smallest absolute Gasteiger partial charge is 0.344 e. The van der Waals surface area contributed by atoms with Gasteiger partial charge in [0.1, 0.15) is 29.6 Å². The van der Waals surface area contributed by atoms with Crippen molar-refractivity contribution in [3.05, 3.63) is 82.1 Å². The lowest BCUT2D eigenvalue weighted by molar-refractivity contribution is 0.0826. The number of ether oxygens (including phenoxy) is 2. The SMILES string of the molecule is COc1ccc(-c2c(C)c3ccc4c(c3oc2=O)CN(Cc2ccco2)CO4)cc1. The van der Waals surface area contributed by atoms with E-state index in [0.717, 1.165) is 39.3 Å². The molecule has 3 heterocycles. The molecule has 0 saturated carbocycles. The van der Waals surface area contributed by atoms with E-state index in [-0.39, 0.29) is 5.63 Å². The van der Waals surface area contributed by atoms with Crippen LogP contribution < -0.4 is 15.1 Å². The van der Waals surface area contributed by atoms with Gasteiger partial charge in [0.2, 0.25) is 0 Å². The maximum Gasteiger partial charge on any atom is 0.344 e. The van der Waals surface area contributed by atoms with Crippen LogP contribution in [0.4, 0.5) is 0 Å². The first-order valence-corrected chi connectivity index (χ1v) is 9.75. The molecule has 0 fully saturated rings. The molecule has 0 bridgehead atoms.